The van der Waals surface area contributed by atoms with Gasteiger partial charge in [-0.25, -0.2) is 13.2 Å². The van der Waals surface area contributed by atoms with Gasteiger partial charge in [0.25, 0.3) is 5.91 Å². The van der Waals surface area contributed by atoms with E-state index in [0.29, 0.717) is 31.1 Å². The van der Waals surface area contributed by atoms with Crippen LogP contribution in [-0.4, -0.2) is 70.5 Å². The molecule has 0 spiro atoms. The second kappa shape index (κ2) is 10.2. The number of ether oxygens (including phenoxy) is 1. The van der Waals surface area contributed by atoms with Crippen molar-refractivity contribution in [1.82, 2.24) is 9.62 Å². The van der Waals surface area contributed by atoms with Crippen LogP contribution in [0.15, 0.2) is 29.2 Å². The lowest BCUT2D eigenvalue weighted by Crippen LogP contribution is -3.15. The van der Waals surface area contributed by atoms with Crippen LogP contribution in [0, 0.1) is 12.8 Å². The molecule has 0 unspecified atom stereocenters. The molecule has 0 aliphatic carbocycles. The van der Waals surface area contributed by atoms with Crippen LogP contribution in [0.5, 0.6) is 0 Å². The maximum Gasteiger partial charge on any atom is 0.328 e. The minimum Gasteiger partial charge on any atom is -0.467 e. The number of quaternary nitrogens is 1. The van der Waals surface area contributed by atoms with Crippen molar-refractivity contribution in [3.8, 4) is 0 Å². The van der Waals surface area contributed by atoms with Gasteiger partial charge in [-0.1, -0.05) is 38.0 Å². The van der Waals surface area contributed by atoms with Gasteiger partial charge < -0.3 is 15.0 Å². The quantitative estimate of drug-likeness (QED) is 0.551. The number of hydrogen-bond donors (Lipinski definition) is 2. The highest BCUT2D eigenvalue weighted by Crippen LogP contribution is 2.16. The summed E-state index contributed by atoms with van der Waals surface area (Å²) in [5, 5.41) is 2.77. The first-order valence-electron chi connectivity index (χ1n) is 9.96. The number of carbonyl (C=O) groups excluding carboxylic acids is 2. The molecule has 1 aliphatic heterocycles. The van der Waals surface area contributed by atoms with Crippen molar-refractivity contribution in [2.75, 3.05) is 39.8 Å². The number of benzene rings is 1. The van der Waals surface area contributed by atoms with Gasteiger partial charge in [-0.15, -0.1) is 0 Å². The third-order valence-corrected chi connectivity index (χ3v) is 7.40. The molecule has 9 heteroatoms. The number of sulfonamides is 1. The number of aryl methyl sites for hydroxylation is 1. The van der Waals surface area contributed by atoms with E-state index in [1.807, 2.05) is 20.8 Å². The third kappa shape index (κ3) is 6.01. The van der Waals surface area contributed by atoms with Gasteiger partial charge in [0.1, 0.15) is 6.04 Å². The minimum atomic E-state index is -3.52. The molecule has 29 heavy (non-hydrogen) atoms. The number of amides is 1. The van der Waals surface area contributed by atoms with Gasteiger partial charge in [0.2, 0.25) is 10.0 Å². The van der Waals surface area contributed by atoms with E-state index in [1.54, 1.807) is 24.3 Å². The Bertz CT molecular complexity index is 802. The molecule has 0 aromatic heterocycles. The fourth-order valence-electron chi connectivity index (χ4n) is 3.33. The predicted molar refractivity (Wildman–Crippen MR) is 109 cm³/mol. The molecule has 0 bridgehead atoms. The molecule has 1 saturated heterocycles. The second-order valence-corrected chi connectivity index (χ2v) is 9.54. The molecule has 1 fully saturated rings. The van der Waals surface area contributed by atoms with Crippen molar-refractivity contribution in [3.63, 3.8) is 0 Å². The summed E-state index contributed by atoms with van der Waals surface area (Å²) in [7, 11) is -2.21. The number of nitrogens with one attached hydrogen (secondary N) is 2. The molecule has 0 radical (unpaired) electrons. The van der Waals surface area contributed by atoms with Gasteiger partial charge in [0, 0.05) is 0 Å². The van der Waals surface area contributed by atoms with Crippen LogP contribution < -0.4 is 10.2 Å². The van der Waals surface area contributed by atoms with Crippen molar-refractivity contribution < 1.29 is 27.6 Å². The molecule has 0 saturated carbocycles. The molecule has 1 aromatic rings. The average molecular weight is 427 g/mol. The molecular weight excluding hydrogens is 394 g/mol. The first kappa shape index (κ1) is 23.3. The van der Waals surface area contributed by atoms with Crippen LogP contribution in [-0.2, 0) is 24.3 Å². The molecule has 2 N–H and O–H groups in total. The van der Waals surface area contributed by atoms with Gasteiger partial charge in [-0.05, 0) is 25.0 Å². The number of hydrogen-bond acceptors (Lipinski definition) is 5. The van der Waals surface area contributed by atoms with Gasteiger partial charge in [-0.3, -0.25) is 4.79 Å². The molecular formula is C20H32N3O5S+. The molecule has 2 rings (SSSR count). The van der Waals surface area contributed by atoms with E-state index >= 15 is 0 Å². The molecule has 1 aromatic carbocycles. The zero-order chi connectivity index (χ0) is 21.6. The maximum atomic E-state index is 12.8. The Morgan fingerprint density at radius 3 is 2.31 bits per heavy atom. The Hall–Kier alpha value is -1.97. The van der Waals surface area contributed by atoms with Crippen LogP contribution in [0.3, 0.4) is 0 Å². The molecule has 1 aliphatic rings. The summed E-state index contributed by atoms with van der Waals surface area (Å²) in [4.78, 5) is 25.6. The largest absolute Gasteiger partial charge is 0.467 e. The summed E-state index contributed by atoms with van der Waals surface area (Å²) in [6.07, 6.45) is 0.739. The third-order valence-electron chi connectivity index (χ3n) is 5.48. The summed E-state index contributed by atoms with van der Waals surface area (Å²) < 4.78 is 31.8. The molecule has 8 nitrogen and oxygen atoms in total. The lowest BCUT2D eigenvalue weighted by molar-refractivity contribution is -0.895. The fourth-order valence-corrected chi connectivity index (χ4v) is 4.77. The number of rotatable bonds is 8. The minimum absolute atomic E-state index is 0.0297. The molecule has 162 valence electrons. The second-order valence-electron chi connectivity index (χ2n) is 7.60. The summed E-state index contributed by atoms with van der Waals surface area (Å²) in [6, 6.07) is 6.15. The highest BCUT2D eigenvalue weighted by atomic mass is 32.2. The standard InChI is InChI=1S/C20H31N3O5S/c1-5-16(3)19(20(25)28-4)21-18(24)14-22-10-12-23(13-11-22)29(26,27)17-8-6-15(2)7-9-17/h6-9,16,19H,5,10-14H2,1-4H3,(H,21,24)/p+1/t16-,19-/m0/s1. The summed E-state index contributed by atoms with van der Waals surface area (Å²) in [6.45, 7) is 7.72. The summed E-state index contributed by atoms with van der Waals surface area (Å²) in [5.74, 6) is -0.708. The highest BCUT2D eigenvalue weighted by Gasteiger charge is 2.32. The maximum absolute atomic E-state index is 12.8. The summed E-state index contributed by atoms with van der Waals surface area (Å²) in [5.41, 5.74) is 1.01. The lowest BCUT2D eigenvalue weighted by Gasteiger charge is -2.31. The Kier molecular flexibility index (Phi) is 8.18. The predicted octanol–water partition coefficient (Wildman–Crippen LogP) is -0.412. The summed E-state index contributed by atoms with van der Waals surface area (Å²) >= 11 is 0. The molecule has 2 atom stereocenters. The van der Waals surface area contributed by atoms with Crippen LogP contribution in [0.25, 0.3) is 0 Å². The first-order chi connectivity index (χ1) is 13.7. The van der Waals surface area contributed by atoms with E-state index in [-0.39, 0.29) is 18.4 Å². The van der Waals surface area contributed by atoms with Crippen LogP contribution in [0.2, 0.25) is 0 Å². The lowest BCUT2D eigenvalue weighted by atomic mass is 9.99. The SMILES string of the molecule is CC[C@H](C)[C@H](NC(=O)C[NH+]1CCN(S(=O)(=O)c2ccc(C)cc2)CC1)C(=O)OC. The molecule has 1 heterocycles. The normalized spacial score (nSPS) is 18.1. The van der Waals surface area contributed by atoms with E-state index in [9.17, 15) is 18.0 Å². The van der Waals surface area contributed by atoms with E-state index in [0.717, 1.165) is 16.9 Å². The smallest absolute Gasteiger partial charge is 0.328 e. The van der Waals surface area contributed by atoms with Crippen molar-refractivity contribution in [1.29, 1.82) is 0 Å². The van der Waals surface area contributed by atoms with Gasteiger partial charge in [0.05, 0.1) is 38.2 Å². The monoisotopic (exact) mass is 426 g/mol. The van der Waals surface area contributed by atoms with Crippen molar-refractivity contribution in [2.45, 2.75) is 38.1 Å². The zero-order valence-corrected chi connectivity index (χ0v) is 18.4. The number of esters is 1. The Morgan fingerprint density at radius 2 is 1.79 bits per heavy atom. The van der Waals surface area contributed by atoms with E-state index < -0.39 is 22.0 Å². The zero-order valence-electron chi connectivity index (χ0n) is 17.6. The highest BCUT2D eigenvalue weighted by molar-refractivity contribution is 7.89. The van der Waals surface area contributed by atoms with Crippen molar-refractivity contribution in [3.05, 3.63) is 29.8 Å². The topological polar surface area (TPSA) is 97.2 Å². The fraction of sp³-hybridized carbons (Fsp3) is 0.600. The molecule has 1 amide bonds. The van der Waals surface area contributed by atoms with E-state index in [1.165, 1.54) is 11.4 Å². The average Bonchev–Trinajstić information content (AvgIpc) is 2.71. The number of nitrogens with zero attached hydrogens (tertiary/aromatic N) is 1. The van der Waals surface area contributed by atoms with Crippen LogP contribution >= 0.6 is 0 Å². The van der Waals surface area contributed by atoms with Gasteiger partial charge >= 0.3 is 5.97 Å². The Balaban J connectivity index is 1.91. The van der Waals surface area contributed by atoms with Crippen LogP contribution in [0.1, 0.15) is 25.8 Å². The van der Waals surface area contributed by atoms with Crippen molar-refractivity contribution >= 4 is 21.9 Å². The Labute approximate surface area is 173 Å². The Morgan fingerprint density at radius 1 is 1.21 bits per heavy atom. The van der Waals surface area contributed by atoms with E-state index in [4.69, 9.17) is 4.74 Å². The number of piperazine rings is 1. The van der Waals surface area contributed by atoms with Gasteiger partial charge in [0.15, 0.2) is 6.54 Å². The first-order valence-corrected chi connectivity index (χ1v) is 11.4. The van der Waals surface area contributed by atoms with Crippen molar-refractivity contribution in [2.24, 2.45) is 5.92 Å². The van der Waals surface area contributed by atoms with E-state index in [2.05, 4.69) is 5.32 Å². The van der Waals surface area contributed by atoms with Gasteiger partial charge in [-0.2, -0.15) is 4.31 Å². The van der Waals surface area contributed by atoms with Crippen LogP contribution in [0.4, 0.5) is 0 Å². The number of carbonyl (C=O) groups is 2. The number of methoxy groups -OCH3 is 1.